The Morgan fingerprint density at radius 1 is 1.54 bits per heavy atom. The summed E-state index contributed by atoms with van der Waals surface area (Å²) in [6.45, 7) is 4.90. The van der Waals surface area contributed by atoms with E-state index in [0.29, 0.717) is 5.41 Å². The Balaban J connectivity index is 2.01. The van der Waals surface area contributed by atoms with Crippen molar-refractivity contribution in [3.05, 3.63) is 11.6 Å². The predicted molar refractivity (Wildman–Crippen MR) is 61.1 cm³/mol. The average Bonchev–Trinajstić information content (AvgIpc) is 2.14. The molecule has 1 fully saturated rings. The first-order valence-corrected chi connectivity index (χ1v) is 6.53. The van der Waals surface area contributed by atoms with Crippen molar-refractivity contribution in [3.8, 4) is 0 Å². The number of allylic oxidation sites excluding steroid dienone is 2. The van der Waals surface area contributed by atoms with E-state index in [2.05, 4.69) is 35.9 Å². The highest BCUT2D eigenvalue weighted by Crippen LogP contribution is 2.59. The molecular weight excluding hydrogens is 224 g/mol. The van der Waals surface area contributed by atoms with Gasteiger partial charge in [-0.25, -0.2) is 0 Å². The van der Waals surface area contributed by atoms with E-state index in [1.165, 1.54) is 25.7 Å². The van der Waals surface area contributed by atoms with Gasteiger partial charge < -0.3 is 0 Å². The third-order valence-corrected chi connectivity index (χ3v) is 4.74. The van der Waals surface area contributed by atoms with Crippen LogP contribution in [0.2, 0.25) is 0 Å². The number of halogens is 1. The van der Waals surface area contributed by atoms with Crippen molar-refractivity contribution >= 4 is 15.9 Å². The van der Waals surface area contributed by atoms with E-state index >= 15 is 0 Å². The number of alkyl halides is 1. The van der Waals surface area contributed by atoms with Crippen LogP contribution in [-0.2, 0) is 0 Å². The first-order valence-electron chi connectivity index (χ1n) is 5.41. The van der Waals surface area contributed by atoms with Crippen molar-refractivity contribution < 1.29 is 0 Å². The van der Waals surface area contributed by atoms with E-state index in [0.717, 1.165) is 17.2 Å². The van der Waals surface area contributed by atoms with Gasteiger partial charge in [-0.1, -0.05) is 41.4 Å². The van der Waals surface area contributed by atoms with Crippen molar-refractivity contribution in [2.24, 2.45) is 17.3 Å². The molecule has 0 aromatic carbocycles. The van der Waals surface area contributed by atoms with Gasteiger partial charge in [0.1, 0.15) is 0 Å². The molecule has 0 N–H and O–H groups in total. The van der Waals surface area contributed by atoms with Crippen LogP contribution >= 0.6 is 15.9 Å². The maximum atomic E-state index is 3.51. The molecule has 0 heterocycles. The van der Waals surface area contributed by atoms with E-state index < -0.39 is 0 Å². The Bertz CT molecular complexity index is 227. The van der Waals surface area contributed by atoms with Gasteiger partial charge in [0, 0.05) is 5.33 Å². The van der Waals surface area contributed by atoms with Gasteiger partial charge in [0.15, 0.2) is 0 Å². The first kappa shape index (κ1) is 9.76. The fourth-order valence-corrected chi connectivity index (χ4v) is 3.31. The van der Waals surface area contributed by atoms with Crippen LogP contribution in [0, 0.1) is 17.3 Å². The molecule has 0 unspecified atom stereocenters. The summed E-state index contributed by atoms with van der Waals surface area (Å²) < 4.78 is 0. The minimum absolute atomic E-state index is 0.621. The molecule has 2 bridgehead atoms. The van der Waals surface area contributed by atoms with Crippen LogP contribution in [0.4, 0.5) is 0 Å². The molecule has 3 rings (SSSR count). The zero-order valence-electron chi connectivity index (χ0n) is 8.65. The van der Waals surface area contributed by atoms with Crippen LogP contribution in [0.3, 0.4) is 0 Å². The number of fused-ring (bicyclic) bond motifs is 1. The number of hydrogen-bond donors (Lipinski definition) is 0. The third-order valence-electron chi connectivity index (χ3n) is 4.18. The third kappa shape index (κ3) is 1.49. The molecule has 0 aromatic rings. The minimum atomic E-state index is 0.621. The minimum Gasteiger partial charge on any atom is -0.0928 e. The molecule has 1 saturated carbocycles. The summed E-state index contributed by atoms with van der Waals surface area (Å²) in [5.74, 6) is 1.91. The van der Waals surface area contributed by atoms with Gasteiger partial charge in [0.25, 0.3) is 0 Å². The molecule has 74 valence electrons. The largest absolute Gasteiger partial charge is 0.0928 e. The van der Waals surface area contributed by atoms with Gasteiger partial charge in [0.05, 0.1) is 0 Å². The Kier molecular flexibility index (Phi) is 2.57. The Morgan fingerprint density at radius 3 is 2.85 bits per heavy atom. The fraction of sp³-hybridized carbons (Fsp3) is 0.833. The van der Waals surface area contributed by atoms with Crippen molar-refractivity contribution in [2.75, 3.05) is 5.33 Å². The molecule has 0 saturated heterocycles. The Labute approximate surface area is 89.9 Å². The zero-order valence-corrected chi connectivity index (χ0v) is 10.2. The quantitative estimate of drug-likeness (QED) is 0.516. The van der Waals surface area contributed by atoms with Gasteiger partial charge in [-0.15, -0.1) is 0 Å². The van der Waals surface area contributed by atoms with Crippen LogP contribution in [0.25, 0.3) is 0 Å². The lowest BCUT2D eigenvalue weighted by molar-refractivity contribution is -0.00821. The average molecular weight is 243 g/mol. The normalized spacial score (nSPS) is 35.2. The lowest BCUT2D eigenvalue weighted by atomic mass is 9.48. The highest BCUT2D eigenvalue weighted by molar-refractivity contribution is 9.09. The molecule has 3 aliphatic carbocycles. The second-order valence-electron chi connectivity index (χ2n) is 5.11. The van der Waals surface area contributed by atoms with E-state index in [4.69, 9.17) is 0 Å². The summed E-state index contributed by atoms with van der Waals surface area (Å²) in [5.41, 5.74) is 2.38. The second kappa shape index (κ2) is 3.42. The summed E-state index contributed by atoms with van der Waals surface area (Å²) in [5, 5.41) is 1.15. The van der Waals surface area contributed by atoms with Crippen molar-refractivity contribution in [2.45, 2.75) is 39.5 Å². The summed E-state index contributed by atoms with van der Waals surface area (Å²) in [6, 6.07) is 0. The summed E-state index contributed by atoms with van der Waals surface area (Å²) in [7, 11) is 0. The standard InChI is InChI=1S/C12H19Br/c1-12(2)10-6-5-9(4-3-7-13)11(12)8-10/h5,10-11H,3-4,6-8H2,1-2H3/t10-,11-/m0/s1. The molecule has 0 spiro atoms. The summed E-state index contributed by atoms with van der Waals surface area (Å²) in [6.07, 6.45) is 7.98. The molecule has 0 radical (unpaired) electrons. The van der Waals surface area contributed by atoms with Crippen molar-refractivity contribution in [1.29, 1.82) is 0 Å². The van der Waals surface area contributed by atoms with Gasteiger partial charge >= 0.3 is 0 Å². The summed E-state index contributed by atoms with van der Waals surface area (Å²) in [4.78, 5) is 0. The fourth-order valence-electron chi connectivity index (χ4n) is 3.03. The predicted octanol–water partition coefficient (Wildman–Crippen LogP) is 4.15. The van der Waals surface area contributed by atoms with E-state index in [1.807, 2.05) is 0 Å². The van der Waals surface area contributed by atoms with Gasteiger partial charge in [-0.05, 0) is 42.9 Å². The number of rotatable bonds is 3. The van der Waals surface area contributed by atoms with Crippen LogP contribution in [0.5, 0.6) is 0 Å². The van der Waals surface area contributed by atoms with E-state index in [9.17, 15) is 0 Å². The van der Waals surface area contributed by atoms with Gasteiger partial charge in [0.2, 0.25) is 0 Å². The zero-order chi connectivity index (χ0) is 9.47. The summed E-state index contributed by atoms with van der Waals surface area (Å²) >= 11 is 3.51. The lowest BCUT2D eigenvalue weighted by Gasteiger charge is -2.56. The molecule has 0 aromatic heterocycles. The van der Waals surface area contributed by atoms with Crippen LogP contribution in [-0.4, -0.2) is 5.33 Å². The number of hydrogen-bond acceptors (Lipinski definition) is 0. The highest BCUT2D eigenvalue weighted by atomic mass is 79.9. The van der Waals surface area contributed by atoms with Crippen LogP contribution in [0.15, 0.2) is 11.6 Å². The van der Waals surface area contributed by atoms with Crippen LogP contribution in [0.1, 0.15) is 39.5 Å². The Morgan fingerprint density at radius 2 is 2.31 bits per heavy atom. The molecule has 1 heteroatoms. The molecular formula is C12H19Br. The van der Waals surface area contributed by atoms with Crippen LogP contribution < -0.4 is 0 Å². The molecule has 2 atom stereocenters. The highest BCUT2D eigenvalue weighted by Gasteiger charge is 2.50. The SMILES string of the molecule is CC1(C)[C@H]2CC=C(CCCBr)[C@@H]1C2. The maximum absolute atomic E-state index is 3.51. The van der Waals surface area contributed by atoms with Crippen molar-refractivity contribution in [1.82, 2.24) is 0 Å². The molecule has 13 heavy (non-hydrogen) atoms. The molecule has 3 aliphatic rings. The first-order chi connectivity index (χ1) is 6.16. The van der Waals surface area contributed by atoms with E-state index in [-0.39, 0.29) is 0 Å². The maximum Gasteiger partial charge on any atom is 0.00343 e. The van der Waals surface area contributed by atoms with Crippen molar-refractivity contribution in [3.63, 3.8) is 0 Å². The topological polar surface area (TPSA) is 0 Å². The molecule has 0 nitrogen and oxygen atoms in total. The smallest absolute Gasteiger partial charge is 0.00343 e. The second-order valence-corrected chi connectivity index (χ2v) is 5.91. The molecule has 0 amide bonds. The van der Waals surface area contributed by atoms with E-state index in [1.54, 1.807) is 5.57 Å². The van der Waals surface area contributed by atoms with Gasteiger partial charge in [-0.3, -0.25) is 0 Å². The lowest BCUT2D eigenvalue weighted by Crippen LogP contribution is -2.48. The van der Waals surface area contributed by atoms with Gasteiger partial charge in [-0.2, -0.15) is 0 Å². The molecule has 0 aliphatic heterocycles. The Hall–Kier alpha value is 0.220. The monoisotopic (exact) mass is 242 g/mol.